The van der Waals surface area contributed by atoms with Gasteiger partial charge in [0.15, 0.2) is 0 Å². The number of nitrogens with zero attached hydrogens (tertiary/aromatic N) is 1. The summed E-state index contributed by atoms with van der Waals surface area (Å²) in [6, 6.07) is 8.58. The Bertz CT molecular complexity index is 561. The highest BCUT2D eigenvalue weighted by Gasteiger charge is 2.35. The van der Waals surface area contributed by atoms with Crippen molar-refractivity contribution in [3.63, 3.8) is 0 Å². The molecule has 2 N–H and O–H groups in total. The van der Waals surface area contributed by atoms with Crippen LogP contribution < -0.4 is 5.32 Å². The first kappa shape index (κ1) is 16.3. The lowest BCUT2D eigenvalue weighted by Gasteiger charge is -2.39. The first-order valence-electron chi connectivity index (χ1n) is 8.64. The van der Waals surface area contributed by atoms with Gasteiger partial charge < -0.3 is 15.3 Å². The first-order valence-corrected chi connectivity index (χ1v) is 8.64. The van der Waals surface area contributed by atoms with Gasteiger partial charge in [-0.1, -0.05) is 38.1 Å². The summed E-state index contributed by atoms with van der Waals surface area (Å²) in [4.78, 5) is 14.4. The van der Waals surface area contributed by atoms with Gasteiger partial charge in [0.2, 0.25) is 0 Å². The molecule has 1 aromatic rings. The van der Waals surface area contributed by atoms with Gasteiger partial charge in [-0.2, -0.15) is 0 Å². The smallest absolute Gasteiger partial charge is 0.317 e. The van der Waals surface area contributed by atoms with Crippen molar-refractivity contribution in [2.24, 2.45) is 10.8 Å². The zero-order chi connectivity index (χ0) is 16.5. The quantitative estimate of drug-likeness (QED) is 0.900. The molecule has 1 unspecified atom stereocenters. The fourth-order valence-electron chi connectivity index (χ4n) is 4.03. The Balaban J connectivity index is 1.55. The van der Waals surface area contributed by atoms with E-state index in [0.717, 1.165) is 32.2 Å². The lowest BCUT2D eigenvalue weighted by molar-refractivity contribution is 0.0608. The summed E-state index contributed by atoms with van der Waals surface area (Å²) in [5.74, 6) is 0. The molecule has 1 heterocycles. The second-order valence-electron chi connectivity index (χ2n) is 8.09. The van der Waals surface area contributed by atoms with E-state index in [2.05, 4.69) is 43.4 Å². The summed E-state index contributed by atoms with van der Waals surface area (Å²) in [6.07, 6.45) is 4.00. The van der Waals surface area contributed by atoms with Crippen LogP contribution in [0.5, 0.6) is 0 Å². The zero-order valence-corrected chi connectivity index (χ0v) is 14.3. The minimum atomic E-state index is -0.150. The van der Waals surface area contributed by atoms with Gasteiger partial charge in [-0.25, -0.2) is 4.79 Å². The molecule has 0 radical (unpaired) electrons. The summed E-state index contributed by atoms with van der Waals surface area (Å²) >= 11 is 0. The molecule has 1 atom stereocenters. The lowest BCUT2D eigenvalue weighted by Crippen LogP contribution is -2.51. The van der Waals surface area contributed by atoms with Crippen LogP contribution in [0.3, 0.4) is 0 Å². The lowest BCUT2D eigenvalue weighted by atomic mass is 9.83. The number of nitrogens with one attached hydrogen (secondary N) is 1. The van der Waals surface area contributed by atoms with Crippen LogP contribution in [-0.4, -0.2) is 42.3 Å². The third kappa shape index (κ3) is 3.52. The normalized spacial score (nSPS) is 26.0. The maximum atomic E-state index is 12.5. The largest absolute Gasteiger partial charge is 0.396 e. The van der Waals surface area contributed by atoms with Gasteiger partial charge in [-0.05, 0) is 42.2 Å². The molecule has 1 aromatic carbocycles. The summed E-state index contributed by atoms with van der Waals surface area (Å²) in [6.45, 7) is 6.59. The van der Waals surface area contributed by atoms with Crippen molar-refractivity contribution < 1.29 is 9.90 Å². The predicted molar refractivity (Wildman–Crippen MR) is 91.4 cm³/mol. The summed E-state index contributed by atoms with van der Waals surface area (Å²) in [5, 5.41) is 12.7. The number of aliphatic hydroxyl groups is 1. The molecule has 0 saturated carbocycles. The van der Waals surface area contributed by atoms with E-state index in [-0.39, 0.29) is 23.5 Å². The molecule has 23 heavy (non-hydrogen) atoms. The van der Waals surface area contributed by atoms with E-state index in [0.29, 0.717) is 13.1 Å². The number of piperidine rings is 1. The van der Waals surface area contributed by atoms with E-state index in [9.17, 15) is 9.90 Å². The number of fused-ring (bicyclic) bond motifs is 1. The van der Waals surface area contributed by atoms with Crippen LogP contribution in [0.25, 0.3) is 0 Å². The fraction of sp³-hybridized carbons (Fsp3) is 0.632. The molecule has 1 saturated heterocycles. The van der Waals surface area contributed by atoms with Crippen molar-refractivity contribution in [3.05, 3.63) is 35.4 Å². The predicted octanol–water partition coefficient (Wildman–Crippen LogP) is 2.60. The molecule has 4 nitrogen and oxygen atoms in total. The van der Waals surface area contributed by atoms with Gasteiger partial charge in [0.25, 0.3) is 0 Å². The van der Waals surface area contributed by atoms with Crippen molar-refractivity contribution in [1.82, 2.24) is 10.2 Å². The molecule has 2 aliphatic rings. The average Bonchev–Trinajstić information content (AvgIpc) is 2.89. The molecular formula is C19H28N2O2. The number of likely N-dealkylation sites (tertiary alicyclic amines) is 1. The van der Waals surface area contributed by atoms with E-state index >= 15 is 0 Å². The Kier molecular flexibility index (Phi) is 4.37. The highest BCUT2D eigenvalue weighted by Crippen LogP contribution is 2.36. The Labute approximate surface area is 138 Å². The van der Waals surface area contributed by atoms with Crippen molar-refractivity contribution in [1.29, 1.82) is 0 Å². The topological polar surface area (TPSA) is 52.6 Å². The average molecular weight is 316 g/mol. The van der Waals surface area contributed by atoms with E-state index in [4.69, 9.17) is 0 Å². The van der Waals surface area contributed by atoms with Crippen LogP contribution in [0, 0.1) is 10.8 Å². The van der Waals surface area contributed by atoms with E-state index < -0.39 is 0 Å². The number of aliphatic hydroxyl groups excluding tert-OH is 1. The first-order chi connectivity index (χ1) is 10.9. The molecule has 1 aliphatic carbocycles. The molecular weight excluding hydrogens is 288 g/mol. The molecule has 2 amide bonds. The Morgan fingerprint density at radius 1 is 1.22 bits per heavy atom. The molecule has 1 aliphatic heterocycles. The maximum Gasteiger partial charge on any atom is 0.317 e. The zero-order valence-electron chi connectivity index (χ0n) is 14.3. The molecule has 0 spiro atoms. The number of hydrogen-bond acceptors (Lipinski definition) is 2. The summed E-state index contributed by atoms with van der Waals surface area (Å²) in [7, 11) is 0. The number of carbonyl (C=O) groups is 1. The molecule has 3 rings (SSSR count). The van der Waals surface area contributed by atoms with Crippen molar-refractivity contribution in [2.45, 2.75) is 39.5 Å². The second kappa shape index (κ2) is 6.16. The molecule has 1 fully saturated rings. The van der Waals surface area contributed by atoms with E-state index in [1.54, 1.807) is 0 Å². The second-order valence-corrected chi connectivity index (χ2v) is 8.09. The number of hydrogen-bond donors (Lipinski definition) is 2. The number of amides is 2. The molecule has 126 valence electrons. The van der Waals surface area contributed by atoms with Gasteiger partial charge >= 0.3 is 6.03 Å². The molecule has 4 heteroatoms. The molecule has 0 bridgehead atoms. The van der Waals surface area contributed by atoms with Crippen LogP contribution in [0.2, 0.25) is 0 Å². The number of urea groups is 1. The maximum absolute atomic E-state index is 12.5. The Morgan fingerprint density at radius 2 is 1.87 bits per heavy atom. The van der Waals surface area contributed by atoms with Crippen LogP contribution >= 0.6 is 0 Å². The van der Waals surface area contributed by atoms with Gasteiger partial charge in [-0.15, -0.1) is 0 Å². The SMILES string of the molecule is CC1(CNC(=O)N2CCCC(C)(CO)C2)Cc2ccccc2C1. The van der Waals surface area contributed by atoms with Crippen molar-refractivity contribution in [2.75, 3.05) is 26.2 Å². The van der Waals surface area contributed by atoms with Crippen molar-refractivity contribution in [3.8, 4) is 0 Å². The third-order valence-corrected chi connectivity index (χ3v) is 5.47. The Morgan fingerprint density at radius 3 is 2.48 bits per heavy atom. The summed E-state index contributed by atoms with van der Waals surface area (Å²) in [5.41, 5.74) is 2.78. The molecule has 0 aromatic heterocycles. The number of rotatable bonds is 3. The van der Waals surface area contributed by atoms with Crippen LogP contribution in [0.15, 0.2) is 24.3 Å². The minimum absolute atomic E-state index is 0.0153. The van der Waals surface area contributed by atoms with Crippen LogP contribution in [-0.2, 0) is 12.8 Å². The third-order valence-electron chi connectivity index (χ3n) is 5.47. The van der Waals surface area contributed by atoms with Gasteiger partial charge in [0.05, 0.1) is 6.61 Å². The highest BCUT2D eigenvalue weighted by atomic mass is 16.3. The fourth-order valence-corrected chi connectivity index (χ4v) is 4.03. The van der Waals surface area contributed by atoms with Gasteiger partial charge in [-0.3, -0.25) is 0 Å². The Hall–Kier alpha value is -1.55. The highest BCUT2D eigenvalue weighted by molar-refractivity contribution is 5.74. The number of carbonyl (C=O) groups excluding carboxylic acids is 1. The minimum Gasteiger partial charge on any atom is -0.396 e. The van der Waals surface area contributed by atoms with Crippen LogP contribution in [0.4, 0.5) is 4.79 Å². The number of benzene rings is 1. The van der Waals surface area contributed by atoms with Crippen molar-refractivity contribution >= 4 is 6.03 Å². The summed E-state index contributed by atoms with van der Waals surface area (Å²) < 4.78 is 0. The van der Waals surface area contributed by atoms with Gasteiger partial charge in [0.1, 0.15) is 0 Å². The standard InChI is InChI=1S/C19H28N2O2/c1-18(14-22)8-5-9-21(13-18)17(23)20-12-19(2)10-15-6-3-4-7-16(15)11-19/h3-4,6-7,22H,5,8-14H2,1-2H3,(H,20,23). The monoisotopic (exact) mass is 316 g/mol. The van der Waals surface area contributed by atoms with Gasteiger partial charge in [0, 0.05) is 25.0 Å². The van der Waals surface area contributed by atoms with E-state index in [1.165, 1.54) is 11.1 Å². The van der Waals surface area contributed by atoms with Crippen LogP contribution in [0.1, 0.15) is 37.8 Å². The van der Waals surface area contributed by atoms with E-state index in [1.807, 2.05) is 4.90 Å².